The molecule has 0 aromatic heterocycles. The van der Waals surface area contributed by atoms with E-state index < -0.39 is 35.6 Å². The molecule has 0 radical (unpaired) electrons. The van der Waals surface area contributed by atoms with Crippen LogP contribution in [0.3, 0.4) is 0 Å². The third-order valence-electron chi connectivity index (χ3n) is 3.89. The predicted octanol–water partition coefficient (Wildman–Crippen LogP) is 1.40. The Balaban J connectivity index is 2.07. The number of hydrogen-bond donors (Lipinski definition) is 2. The van der Waals surface area contributed by atoms with Crippen molar-refractivity contribution >= 4 is 23.5 Å². The van der Waals surface area contributed by atoms with E-state index in [9.17, 15) is 18.8 Å². The summed E-state index contributed by atoms with van der Waals surface area (Å²) in [6.45, 7) is 3.70. The Labute approximate surface area is 133 Å². The molecule has 1 fully saturated rings. The van der Waals surface area contributed by atoms with Crippen molar-refractivity contribution in [2.45, 2.75) is 26.3 Å². The number of amides is 2. The monoisotopic (exact) mass is 322 g/mol. The molecule has 2 rings (SSSR count). The first-order valence-corrected chi connectivity index (χ1v) is 7.41. The standard InChI is InChI=1S/C16H19FN2O4/c1-9(2)13(16(22)23)18-14(20)12-7-8-19(15(12)21)11-5-3-10(17)4-6-11/h3-6,9,12-13H,7-8H2,1-2H3,(H,18,20)(H,22,23)/t12?,13-/m0/s1. The minimum Gasteiger partial charge on any atom is -0.480 e. The smallest absolute Gasteiger partial charge is 0.326 e. The van der Waals surface area contributed by atoms with Crippen molar-refractivity contribution in [3.05, 3.63) is 30.1 Å². The van der Waals surface area contributed by atoms with Crippen molar-refractivity contribution in [2.24, 2.45) is 11.8 Å². The van der Waals surface area contributed by atoms with Crippen molar-refractivity contribution in [3.8, 4) is 0 Å². The number of carboxylic acids is 1. The van der Waals surface area contributed by atoms with Gasteiger partial charge in [-0.05, 0) is 36.6 Å². The zero-order valence-corrected chi connectivity index (χ0v) is 13.0. The SMILES string of the molecule is CC(C)[C@H](NC(=O)C1CCN(c2ccc(F)cc2)C1=O)C(=O)O. The van der Waals surface area contributed by atoms with Crippen LogP contribution in [0.1, 0.15) is 20.3 Å². The van der Waals surface area contributed by atoms with Gasteiger partial charge in [0.25, 0.3) is 0 Å². The Kier molecular flexibility index (Phi) is 4.98. The van der Waals surface area contributed by atoms with E-state index >= 15 is 0 Å². The highest BCUT2D eigenvalue weighted by molar-refractivity contribution is 6.10. The first-order valence-electron chi connectivity index (χ1n) is 7.41. The summed E-state index contributed by atoms with van der Waals surface area (Å²) in [5.74, 6) is -3.73. The number of anilines is 1. The second-order valence-corrected chi connectivity index (χ2v) is 5.88. The third-order valence-corrected chi connectivity index (χ3v) is 3.89. The number of benzene rings is 1. The van der Waals surface area contributed by atoms with Gasteiger partial charge in [0.15, 0.2) is 0 Å². The lowest BCUT2D eigenvalue weighted by atomic mass is 10.0. The number of aliphatic carboxylic acids is 1. The predicted molar refractivity (Wildman–Crippen MR) is 81.3 cm³/mol. The van der Waals surface area contributed by atoms with Gasteiger partial charge in [-0.1, -0.05) is 13.8 Å². The molecular formula is C16H19FN2O4. The van der Waals surface area contributed by atoms with E-state index in [0.717, 1.165) is 0 Å². The Hall–Kier alpha value is -2.44. The fourth-order valence-electron chi connectivity index (χ4n) is 2.57. The minimum atomic E-state index is -1.13. The van der Waals surface area contributed by atoms with E-state index in [2.05, 4.69) is 5.32 Å². The van der Waals surface area contributed by atoms with Gasteiger partial charge in [0.1, 0.15) is 17.8 Å². The number of carbonyl (C=O) groups excluding carboxylic acids is 2. The molecule has 1 aromatic carbocycles. The molecule has 2 N–H and O–H groups in total. The van der Waals surface area contributed by atoms with Crippen LogP contribution in [0.4, 0.5) is 10.1 Å². The molecule has 1 aromatic rings. The molecule has 6 nitrogen and oxygen atoms in total. The number of rotatable bonds is 5. The Morgan fingerprint density at radius 2 is 1.91 bits per heavy atom. The fourth-order valence-corrected chi connectivity index (χ4v) is 2.57. The lowest BCUT2D eigenvalue weighted by Crippen LogP contribution is -2.48. The highest BCUT2D eigenvalue weighted by Crippen LogP contribution is 2.25. The number of nitrogens with zero attached hydrogens (tertiary/aromatic N) is 1. The second-order valence-electron chi connectivity index (χ2n) is 5.88. The van der Waals surface area contributed by atoms with Gasteiger partial charge in [0.05, 0.1) is 0 Å². The normalized spacial score (nSPS) is 19.0. The number of hydrogen-bond acceptors (Lipinski definition) is 3. The third kappa shape index (κ3) is 3.67. The summed E-state index contributed by atoms with van der Waals surface area (Å²) in [7, 11) is 0. The minimum absolute atomic E-state index is 0.291. The van der Waals surface area contributed by atoms with Crippen molar-refractivity contribution < 1.29 is 23.9 Å². The van der Waals surface area contributed by atoms with Crippen molar-refractivity contribution in [2.75, 3.05) is 11.4 Å². The van der Waals surface area contributed by atoms with Crippen LogP contribution in [0, 0.1) is 17.7 Å². The van der Waals surface area contributed by atoms with Gasteiger partial charge in [-0.25, -0.2) is 9.18 Å². The summed E-state index contributed by atoms with van der Waals surface area (Å²) < 4.78 is 12.9. The lowest BCUT2D eigenvalue weighted by molar-refractivity contribution is -0.144. The fraction of sp³-hybridized carbons (Fsp3) is 0.438. The van der Waals surface area contributed by atoms with Crippen molar-refractivity contribution in [1.29, 1.82) is 0 Å². The summed E-state index contributed by atoms with van der Waals surface area (Å²) >= 11 is 0. The molecule has 2 atom stereocenters. The second kappa shape index (κ2) is 6.76. The Morgan fingerprint density at radius 3 is 2.43 bits per heavy atom. The molecule has 1 saturated heterocycles. The molecule has 0 aliphatic carbocycles. The molecular weight excluding hydrogens is 303 g/mol. The van der Waals surface area contributed by atoms with Crippen LogP contribution >= 0.6 is 0 Å². The van der Waals surface area contributed by atoms with Crippen LogP contribution < -0.4 is 10.2 Å². The van der Waals surface area contributed by atoms with Gasteiger partial charge in [-0.15, -0.1) is 0 Å². The van der Waals surface area contributed by atoms with Crippen LogP contribution in [0.15, 0.2) is 24.3 Å². The van der Waals surface area contributed by atoms with Crippen LogP contribution in [-0.2, 0) is 14.4 Å². The van der Waals surface area contributed by atoms with Crippen LogP contribution in [0.5, 0.6) is 0 Å². The number of halogens is 1. The van der Waals surface area contributed by atoms with Crippen LogP contribution in [0.2, 0.25) is 0 Å². The van der Waals surface area contributed by atoms with E-state index in [-0.39, 0.29) is 5.92 Å². The first kappa shape index (κ1) is 16.9. The zero-order chi connectivity index (χ0) is 17.1. The van der Waals surface area contributed by atoms with E-state index in [4.69, 9.17) is 5.11 Å². The number of nitrogens with one attached hydrogen (secondary N) is 1. The van der Waals surface area contributed by atoms with Crippen LogP contribution in [-0.4, -0.2) is 35.5 Å². The number of carbonyl (C=O) groups is 3. The highest BCUT2D eigenvalue weighted by Gasteiger charge is 2.39. The van der Waals surface area contributed by atoms with E-state index in [0.29, 0.717) is 18.7 Å². The summed E-state index contributed by atoms with van der Waals surface area (Å²) in [4.78, 5) is 37.2. The largest absolute Gasteiger partial charge is 0.480 e. The van der Waals surface area contributed by atoms with Crippen LogP contribution in [0.25, 0.3) is 0 Å². The first-order chi connectivity index (χ1) is 10.8. The van der Waals surface area contributed by atoms with Gasteiger partial charge in [0.2, 0.25) is 11.8 Å². The van der Waals surface area contributed by atoms with E-state index in [1.165, 1.54) is 29.2 Å². The van der Waals surface area contributed by atoms with Gasteiger partial charge >= 0.3 is 5.97 Å². The molecule has 1 heterocycles. The summed E-state index contributed by atoms with van der Waals surface area (Å²) in [6.07, 6.45) is 0.298. The average molecular weight is 322 g/mol. The molecule has 23 heavy (non-hydrogen) atoms. The van der Waals surface area contributed by atoms with E-state index in [1.807, 2.05) is 0 Å². The molecule has 124 valence electrons. The van der Waals surface area contributed by atoms with Crippen molar-refractivity contribution in [3.63, 3.8) is 0 Å². The van der Waals surface area contributed by atoms with Gasteiger partial charge in [0, 0.05) is 12.2 Å². The maximum atomic E-state index is 12.9. The number of carboxylic acid groups (broad SMARTS) is 1. The Bertz CT molecular complexity index is 615. The topological polar surface area (TPSA) is 86.7 Å². The summed E-state index contributed by atoms with van der Waals surface area (Å²) in [6, 6.07) is 4.41. The summed E-state index contributed by atoms with van der Waals surface area (Å²) in [5, 5.41) is 11.5. The van der Waals surface area contributed by atoms with Gasteiger partial charge < -0.3 is 15.3 Å². The lowest BCUT2D eigenvalue weighted by Gasteiger charge is -2.20. The zero-order valence-electron chi connectivity index (χ0n) is 13.0. The molecule has 7 heteroatoms. The molecule has 2 amide bonds. The molecule has 1 aliphatic heterocycles. The average Bonchev–Trinajstić information content (AvgIpc) is 2.86. The molecule has 0 spiro atoms. The maximum Gasteiger partial charge on any atom is 0.326 e. The highest BCUT2D eigenvalue weighted by atomic mass is 19.1. The van der Waals surface area contributed by atoms with Gasteiger partial charge in [-0.3, -0.25) is 9.59 Å². The molecule has 1 unspecified atom stereocenters. The Morgan fingerprint density at radius 1 is 1.30 bits per heavy atom. The van der Waals surface area contributed by atoms with E-state index in [1.54, 1.807) is 13.8 Å². The van der Waals surface area contributed by atoms with Gasteiger partial charge in [-0.2, -0.15) is 0 Å². The molecule has 1 aliphatic rings. The van der Waals surface area contributed by atoms with Crippen molar-refractivity contribution in [1.82, 2.24) is 5.32 Å². The quantitative estimate of drug-likeness (QED) is 0.802. The maximum absolute atomic E-state index is 12.9. The molecule has 0 saturated carbocycles. The molecule has 0 bridgehead atoms. The summed E-state index contributed by atoms with van der Waals surface area (Å²) in [5.41, 5.74) is 0.519.